The number of anilines is 1. The van der Waals surface area contributed by atoms with Crippen molar-refractivity contribution in [3.63, 3.8) is 0 Å². The molecule has 0 aliphatic carbocycles. The number of carbonyl (C=O) groups is 1. The number of benzene rings is 1. The van der Waals surface area contributed by atoms with E-state index in [1.54, 1.807) is 26.4 Å². The molecular formula is C24H32N4O. The summed E-state index contributed by atoms with van der Waals surface area (Å²) in [5.74, 6) is 0.495. The van der Waals surface area contributed by atoms with Gasteiger partial charge in [-0.05, 0) is 42.7 Å². The first-order valence-electron chi connectivity index (χ1n) is 10.1. The third-order valence-electron chi connectivity index (χ3n) is 4.61. The van der Waals surface area contributed by atoms with E-state index in [2.05, 4.69) is 60.0 Å². The molecule has 2 aromatic rings. The van der Waals surface area contributed by atoms with Gasteiger partial charge in [-0.1, -0.05) is 51.5 Å². The van der Waals surface area contributed by atoms with E-state index in [-0.39, 0.29) is 5.91 Å². The average molecular weight is 393 g/mol. The molecule has 0 aliphatic heterocycles. The van der Waals surface area contributed by atoms with Crippen LogP contribution in [-0.4, -0.2) is 29.9 Å². The number of aryl methyl sites for hydroxylation is 1. The van der Waals surface area contributed by atoms with Gasteiger partial charge in [0.2, 0.25) is 0 Å². The maximum atomic E-state index is 11.9. The molecule has 2 rings (SSSR count). The highest BCUT2D eigenvalue weighted by Gasteiger charge is 2.10. The van der Waals surface area contributed by atoms with E-state index >= 15 is 0 Å². The van der Waals surface area contributed by atoms with E-state index in [1.165, 1.54) is 36.1 Å². The Morgan fingerprint density at radius 2 is 1.76 bits per heavy atom. The molecular weight excluding hydrogens is 360 g/mol. The molecule has 0 radical (unpaired) electrons. The molecule has 1 aromatic heterocycles. The Labute approximate surface area is 174 Å². The summed E-state index contributed by atoms with van der Waals surface area (Å²) in [5, 5.41) is 6.39. The molecule has 0 bridgehead atoms. The molecule has 5 nitrogen and oxygen atoms in total. The van der Waals surface area contributed by atoms with Crippen LogP contribution in [0.25, 0.3) is 5.70 Å². The Balaban J connectivity index is 1.85. The molecule has 0 aliphatic rings. The van der Waals surface area contributed by atoms with Crippen molar-refractivity contribution in [3.8, 4) is 0 Å². The lowest BCUT2D eigenvalue weighted by Crippen LogP contribution is -2.23. The minimum atomic E-state index is -0.130. The molecule has 0 unspecified atom stereocenters. The van der Waals surface area contributed by atoms with Crippen molar-refractivity contribution < 1.29 is 4.79 Å². The summed E-state index contributed by atoms with van der Waals surface area (Å²) in [6.07, 6.45) is 7.85. The van der Waals surface area contributed by atoms with Crippen LogP contribution in [0.1, 0.15) is 54.2 Å². The summed E-state index contributed by atoms with van der Waals surface area (Å²) in [7, 11) is 3.40. The maximum Gasteiger partial charge on any atom is 0.271 e. The van der Waals surface area contributed by atoms with E-state index in [4.69, 9.17) is 0 Å². The fourth-order valence-corrected chi connectivity index (χ4v) is 2.90. The largest absolute Gasteiger partial charge is 0.343 e. The van der Waals surface area contributed by atoms with E-state index in [9.17, 15) is 4.79 Å². The molecule has 29 heavy (non-hydrogen) atoms. The summed E-state index contributed by atoms with van der Waals surface area (Å²) in [5.41, 5.74) is 4.18. The van der Waals surface area contributed by atoms with Crippen molar-refractivity contribution in [2.75, 3.05) is 19.4 Å². The third kappa shape index (κ3) is 7.11. The van der Waals surface area contributed by atoms with Crippen molar-refractivity contribution in [2.24, 2.45) is 0 Å². The minimum absolute atomic E-state index is 0.130. The predicted molar refractivity (Wildman–Crippen MR) is 121 cm³/mol. The average Bonchev–Trinajstić information content (AvgIpc) is 2.71. The molecule has 0 saturated carbocycles. The molecule has 0 spiro atoms. The van der Waals surface area contributed by atoms with Crippen molar-refractivity contribution in [1.29, 1.82) is 0 Å². The number of nitrogens with one attached hydrogen (secondary N) is 2. The number of hydrogen-bond acceptors (Lipinski definition) is 4. The van der Waals surface area contributed by atoms with Crippen LogP contribution in [-0.2, 0) is 6.42 Å². The molecule has 1 heterocycles. The normalized spacial score (nSPS) is 10.3. The van der Waals surface area contributed by atoms with Gasteiger partial charge >= 0.3 is 0 Å². The first kappa shape index (κ1) is 22.2. The van der Waals surface area contributed by atoms with E-state index in [0.29, 0.717) is 17.2 Å². The molecule has 0 saturated heterocycles. The number of amides is 1. The van der Waals surface area contributed by atoms with Gasteiger partial charge in [0.1, 0.15) is 11.5 Å². The lowest BCUT2D eigenvalue weighted by molar-refractivity contribution is 0.0822. The lowest BCUT2D eigenvalue weighted by Gasteiger charge is -2.15. The number of nitrogens with zero attached hydrogens (tertiary/aromatic N) is 2. The Hall–Kier alpha value is -3.08. The van der Waals surface area contributed by atoms with Crippen LogP contribution >= 0.6 is 0 Å². The zero-order chi connectivity index (χ0) is 21.2. The summed E-state index contributed by atoms with van der Waals surface area (Å²) in [6.45, 7) is 10.3. The van der Waals surface area contributed by atoms with Gasteiger partial charge in [-0.25, -0.2) is 0 Å². The van der Waals surface area contributed by atoms with Gasteiger partial charge in [-0.3, -0.25) is 9.78 Å². The second-order valence-corrected chi connectivity index (χ2v) is 7.35. The van der Waals surface area contributed by atoms with Crippen molar-refractivity contribution in [3.05, 3.63) is 78.4 Å². The quantitative estimate of drug-likeness (QED) is 0.526. The molecule has 2 N–H and O–H groups in total. The number of aromatic nitrogens is 1. The van der Waals surface area contributed by atoms with Crippen LogP contribution in [0.4, 0.5) is 5.69 Å². The first-order chi connectivity index (χ1) is 13.9. The van der Waals surface area contributed by atoms with Gasteiger partial charge in [0.05, 0.1) is 0 Å². The fraction of sp³-hybridized carbons (Fsp3) is 0.333. The van der Waals surface area contributed by atoms with E-state index in [1.807, 2.05) is 6.07 Å². The SMILES string of the molecule is C=C(NC(=C)c1ccc(C(=O)N(C)C)nc1)Nc1ccc(CCCCCC)cc1. The Kier molecular flexibility index (Phi) is 8.46. The first-order valence-corrected chi connectivity index (χ1v) is 10.1. The summed E-state index contributed by atoms with van der Waals surface area (Å²) >= 11 is 0. The lowest BCUT2D eigenvalue weighted by atomic mass is 10.1. The van der Waals surface area contributed by atoms with Gasteiger partial charge in [0.15, 0.2) is 0 Å². The molecule has 1 amide bonds. The zero-order valence-electron chi connectivity index (χ0n) is 17.8. The monoisotopic (exact) mass is 392 g/mol. The van der Waals surface area contributed by atoms with Gasteiger partial charge in [-0.2, -0.15) is 0 Å². The summed E-state index contributed by atoms with van der Waals surface area (Å²) in [6, 6.07) is 11.9. The number of hydrogen-bond donors (Lipinski definition) is 2. The van der Waals surface area contributed by atoms with Gasteiger partial charge in [0, 0.05) is 37.2 Å². The Morgan fingerprint density at radius 3 is 2.34 bits per heavy atom. The minimum Gasteiger partial charge on any atom is -0.343 e. The van der Waals surface area contributed by atoms with E-state index < -0.39 is 0 Å². The van der Waals surface area contributed by atoms with Crippen LogP contribution in [0.2, 0.25) is 0 Å². The van der Waals surface area contributed by atoms with Gasteiger partial charge < -0.3 is 15.5 Å². The molecule has 5 heteroatoms. The van der Waals surface area contributed by atoms with Crippen LogP contribution in [0.15, 0.2) is 61.6 Å². The second kappa shape index (κ2) is 11.1. The molecule has 0 fully saturated rings. The number of unbranched alkanes of at least 4 members (excludes halogenated alkanes) is 3. The highest BCUT2D eigenvalue weighted by molar-refractivity contribution is 5.92. The van der Waals surface area contributed by atoms with Gasteiger partial charge in [0.25, 0.3) is 5.91 Å². The van der Waals surface area contributed by atoms with Gasteiger partial charge in [-0.15, -0.1) is 0 Å². The second-order valence-electron chi connectivity index (χ2n) is 7.35. The third-order valence-corrected chi connectivity index (χ3v) is 4.61. The van der Waals surface area contributed by atoms with Crippen LogP contribution < -0.4 is 10.6 Å². The molecule has 1 aromatic carbocycles. The highest BCUT2D eigenvalue weighted by Crippen LogP contribution is 2.15. The van der Waals surface area contributed by atoms with Crippen LogP contribution in [0.3, 0.4) is 0 Å². The number of pyridine rings is 1. The summed E-state index contributed by atoms with van der Waals surface area (Å²) < 4.78 is 0. The number of carbonyl (C=O) groups excluding carboxylic acids is 1. The van der Waals surface area contributed by atoms with Crippen molar-refractivity contribution in [1.82, 2.24) is 15.2 Å². The number of rotatable bonds is 11. The molecule has 0 atom stereocenters. The zero-order valence-corrected chi connectivity index (χ0v) is 17.8. The fourth-order valence-electron chi connectivity index (χ4n) is 2.90. The highest BCUT2D eigenvalue weighted by atomic mass is 16.2. The standard InChI is InChI=1S/C24H32N4O/c1-6-7-8-9-10-20-11-14-22(15-12-20)27-19(3)26-18(2)21-13-16-23(25-17-21)24(29)28(4)5/h11-17,26-27H,2-3,6-10H2,1,4-5H3. The maximum absolute atomic E-state index is 11.9. The topological polar surface area (TPSA) is 57.3 Å². The van der Waals surface area contributed by atoms with Crippen molar-refractivity contribution >= 4 is 17.3 Å². The van der Waals surface area contributed by atoms with Crippen LogP contribution in [0, 0.1) is 0 Å². The van der Waals surface area contributed by atoms with Crippen LogP contribution in [0.5, 0.6) is 0 Å². The molecule has 154 valence electrons. The predicted octanol–water partition coefficient (Wildman–Crippen LogP) is 5.05. The van der Waals surface area contributed by atoms with Crippen molar-refractivity contribution in [2.45, 2.75) is 39.0 Å². The summed E-state index contributed by atoms with van der Waals surface area (Å²) in [4.78, 5) is 17.6. The Morgan fingerprint density at radius 1 is 1.03 bits per heavy atom. The smallest absolute Gasteiger partial charge is 0.271 e. The van der Waals surface area contributed by atoms with E-state index in [0.717, 1.165) is 17.7 Å². The Bertz CT molecular complexity index is 823.